The van der Waals surface area contributed by atoms with Gasteiger partial charge >= 0.3 is 0 Å². The number of nitrogens with one attached hydrogen (secondary N) is 1. The summed E-state index contributed by atoms with van der Waals surface area (Å²) in [7, 11) is 2.10. The standard InChI is InChI=1S/C12H26N4O/c1-10(2)8-11(9-13)12(17)14-16-6-4-15(3)5-7-16/h10-11H,4-9,13H2,1-3H3,(H,14,17). The Morgan fingerprint density at radius 2 is 1.88 bits per heavy atom. The van der Waals surface area contributed by atoms with Gasteiger partial charge in [0.2, 0.25) is 5.91 Å². The van der Waals surface area contributed by atoms with Crippen molar-refractivity contribution in [2.24, 2.45) is 17.6 Å². The van der Waals surface area contributed by atoms with Crippen LogP contribution >= 0.6 is 0 Å². The minimum absolute atomic E-state index is 0.0605. The highest BCUT2D eigenvalue weighted by atomic mass is 16.2. The van der Waals surface area contributed by atoms with Gasteiger partial charge in [0.15, 0.2) is 0 Å². The van der Waals surface area contributed by atoms with E-state index in [1.54, 1.807) is 0 Å². The first-order valence-electron chi connectivity index (χ1n) is 6.47. The van der Waals surface area contributed by atoms with Gasteiger partial charge in [0.1, 0.15) is 0 Å². The van der Waals surface area contributed by atoms with Crippen LogP contribution in [0.15, 0.2) is 0 Å². The van der Waals surface area contributed by atoms with Crippen molar-refractivity contribution in [3.8, 4) is 0 Å². The summed E-state index contributed by atoms with van der Waals surface area (Å²) in [6.45, 7) is 8.44. The average Bonchev–Trinajstić information content (AvgIpc) is 2.28. The van der Waals surface area contributed by atoms with Crippen molar-refractivity contribution in [2.75, 3.05) is 39.8 Å². The SMILES string of the molecule is CC(C)CC(CN)C(=O)NN1CCN(C)CC1. The number of carbonyl (C=O) groups is 1. The van der Waals surface area contributed by atoms with Gasteiger partial charge in [-0.3, -0.25) is 10.2 Å². The number of hydrogen-bond acceptors (Lipinski definition) is 4. The number of hydrogen-bond donors (Lipinski definition) is 2. The first-order valence-corrected chi connectivity index (χ1v) is 6.47. The van der Waals surface area contributed by atoms with Crippen LogP contribution in [0, 0.1) is 11.8 Å². The fraction of sp³-hybridized carbons (Fsp3) is 0.917. The third kappa shape index (κ3) is 5.02. The van der Waals surface area contributed by atoms with Crippen LogP contribution in [0.5, 0.6) is 0 Å². The molecule has 1 rings (SSSR count). The van der Waals surface area contributed by atoms with Gasteiger partial charge in [0.05, 0.1) is 5.92 Å². The lowest BCUT2D eigenvalue weighted by atomic mass is 9.97. The Morgan fingerprint density at radius 3 is 2.35 bits per heavy atom. The fourth-order valence-corrected chi connectivity index (χ4v) is 2.04. The Hall–Kier alpha value is -0.650. The van der Waals surface area contributed by atoms with E-state index in [0.717, 1.165) is 32.6 Å². The van der Waals surface area contributed by atoms with E-state index in [1.807, 2.05) is 5.01 Å². The van der Waals surface area contributed by atoms with E-state index in [4.69, 9.17) is 5.73 Å². The van der Waals surface area contributed by atoms with Crippen molar-refractivity contribution in [2.45, 2.75) is 20.3 Å². The molecule has 0 bridgehead atoms. The molecule has 0 aromatic rings. The molecule has 17 heavy (non-hydrogen) atoms. The van der Waals surface area contributed by atoms with E-state index in [-0.39, 0.29) is 11.8 Å². The topological polar surface area (TPSA) is 61.6 Å². The second kappa shape index (κ2) is 6.93. The quantitative estimate of drug-likeness (QED) is 0.706. The molecule has 1 fully saturated rings. The van der Waals surface area contributed by atoms with Gasteiger partial charge in [-0.2, -0.15) is 0 Å². The summed E-state index contributed by atoms with van der Waals surface area (Å²) in [5.41, 5.74) is 8.65. The molecule has 1 saturated heterocycles. The predicted octanol–water partition coefficient (Wildman–Crippen LogP) is -0.114. The lowest BCUT2D eigenvalue weighted by Gasteiger charge is -2.33. The van der Waals surface area contributed by atoms with Crippen LogP contribution in [-0.4, -0.2) is 55.6 Å². The summed E-state index contributed by atoms with van der Waals surface area (Å²) in [4.78, 5) is 14.3. The fourth-order valence-electron chi connectivity index (χ4n) is 2.04. The molecular formula is C12H26N4O. The summed E-state index contributed by atoms with van der Waals surface area (Å²) >= 11 is 0. The van der Waals surface area contributed by atoms with Crippen LogP contribution in [0.25, 0.3) is 0 Å². The monoisotopic (exact) mass is 242 g/mol. The van der Waals surface area contributed by atoms with Crippen molar-refractivity contribution < 1.29 is 4.79 Å². The van der Waals surface area contributed by atoms with Crippen LogP contribution < -0.4 is 11.2 Å². The van der Waals surface area contributed by atoms with Crippen molar-refractivity contribution >= 4 is 5.91 Å². The molecule has 0 saturated carbocycles. The van der Waals surface area contributed by atoms with Gasteiger partial charge in [-0.05, 0) is 19.4 Å². The van der Waals surface area contributed by atoms with Crippen LogP contribution in [0.1, 0.15) is 20.3 Å². The maximum Gasteiger partial charge on any atom is 0.238 e. The Bertz CT molecular complexity index is 237. The largest absolute Gasteiger partial charge is 0.330 e. The number of likely N-dealkylation sites (N-methyl/N-ethyl adjacent to an activating group) is 1. The number of piperazine rings is 1. The highest BCUT2D eigenvalue weighted by Gasteiger charge is 2.21. The molecule has 0 aliphatic carbocycles. The lowest BCUT2D eigenvalue weighted by molar-refractivity contribution is -0.131. The maximum atomic E-state index is 12.0. The Kier molecular flexibility index (Phi) is 5.88. The second-order valence-electron chi connectivity index (χ2n) is 5.33. The molecule has 1 unspecified atom stereocenters. The number of amides is 1. The van der Waals surface area contributed by atoms with Crippen molar-refractivity contribution in [3.63, 3.8) is 0 Å². The zero-order valence-corrected chi connectivity index (χ0v) is 11.3. The van der Waals surface area contributed by atoms with Crippen LogP contribution in [0.4, 0.5) is 0 Å². The van der Waals surface area contributed by atoms with Gasteiger partial charge in [0.25, 0.3) is 0 Å². The van der Waals surface area contributed by atoms with Crippen LogP contribution in [0.2, 0.25) is 0 Å². The summed E-state index contributed by atoms with van der Waals surface area (Å²) in [5.74, 6) is 0.516. The number of nitrogens with two attached hydrogens (primary N) is 1. The van der Waals surface area contributed by atoms with E-state index >= 15 is 0 Å². The Balaban J connectivity index is 2.36. The van der Waals surface area contributed by atoms with E-state index < -0.39 is 0 Å². The molecule has 100 valence electrons. The number of nitrogens with zero attached hydrogens (tertiary/aromatic N) is 2. The maximum absolute atomic E-state index is 12.0. The third-order valence-corrected chi connectivity index (χ3v) is 3.18. The normalized spacial score (nSPS) is 20.5. The predicted molar refractivity (Wildman–Crippen MR) is 69.2 cm³/mol. The molecule has 5 heteroatoms. The molecular weight excluding hydrogens is 216 g/mol. The molecule has 1 heterocycles. The Labute approximate surface area is 104 Å². The molecule has 0 aromatic carbocycles. The average molecular weight is 242 g/mol. The van der Waals surface area contributed by atoms with Gasteiger partial charge in [-0.1, -0.05) is 13.8 Å². The molecule has 0 spiro atoms. The number of carbonyl (C=O) groups excluding carboxylic acids is 1. The van der Waals surface area contributed by atoms with Gasteiger partial charge in [-0.15, -0.1) is 0 Å². The van der Waals surface area contributed by atoms with E-state index in [2.05, 4.69) is 31.2 Å². The van der Waals surface area contributed by atoms with Gasteiger partial charge in [0, 0.05) is 32.7 Å². The summed E-state index contributed by atoms with van der Waals surface area (Å²) in [6, 6.07) is 0. The van der Waals surface area contributed by atoms with Gasteiger partial charge in [-0.25, -0.2) is 5.01 Å². The minimum Gasteiger partial charge on any atom is -0.330 e. The van der Waals surface area contributed by atoms with Crippen LogP contribution in [0.3, 0.4) is 0 Å². The van der Waals surface area contributed by atoms with E-state index in [9.17, 15) is 4.79 Å². The molecule has 1 aliphatic heterocycles. The van der Waals surface area contributed by atoms with Crippen molar-refractivity contribution in [1.82, 2.24) is 15.3 Å². The zero-order chi connectivity index (χ0) is 12.8. The van der Waals surface area contributed by atoms with Gasteiger partial charge < -0.3 is 10.6 Å². The molecule has 5 nitrogen and oxygen atoms in total. The second-order valence-corrected chi connectivity index (χ2v) is 5.33. The summed E-state index contributed by atoms with van der Waals surface area (Å²) < 4.78 is 0. The molecule has 1 aliphatic rings. The highest BCUT2D eigenvalue weighted by molar-refractivity contribution is 5.78. The first kappa shape index (κ1) is 14.4. The number of rotatable bonds is 5. The molecule has 1 amide bonds. The summed E-state index contributed by atoms with van der Waals surface area (Å²) in [5, 5.41) is 2.01. The van der Waals surface area contributed by atoms with Crippen molar-refractivity contribution in [3.05, 3.63) is 0 Å². The molecule has 0 radical (unpaired) electrons. The minimum atomic E-state index is -0.0605. The van der Waals surface area contributed by atoms with E-state index in [0.29, 0.717) is 12.5 Å². The molecule has 3 N–H and O–H groups in total. The number of hydrazine groups is 1. The first-order chi connectivity index (χ1) is 8.02. The summed E-state index contributed by atoms with van der Waals surface area (Å²) in [6.07, 6.45) is 0.857. The molecule has 0 aromatic heterocycles. The zero-order valence-electron chi connectivity index (χ0n) is 11.3. The van der Waals surface area contributed by atoms with E-state index in [1.165, 1.54) is 0 Å². The third-order valence-electron chi connectivity index (χ3n) is 3.18. The molecule has 1 atom stereocenters. The van der Waals surface area contributed by atoms with Crippen LogP contribution in [-0.2, 0) is 4.79 Å². The highest BCUT2D eigenvalue weighted by Crippen LogP contribution is 2.11. The van der Waals surface area contributed by atoms with Crippen molar-refractivity contribution in [1.29, 1.82) is 0 Å². The Morgan fingerprint density at radius 1 is 1.29 bits per heavy atom. The smallest absolute Gasteiger partial charge is 0.238 e. The lowest BCUT2D eigenvalue weighted by Crippen LogP contribution is -2.54.